The highest BCUT2D eigenvalue weighted by Gasteiger charge is 2.10. The summed E-state index contributed by atoms with van der Waals surface area (Å²) in [7, 11) is 0. The molecule has 3 nitrogen and oxygen atoms in total. The Morgan fingerprint density at radius 1 is 1.05 bits per heavy atom. The number of nitrogens with zero attached hydrogens (tertiary/aromatic N) is 2. The van der Waals surface area contributed by atoms with Gasteiger partial charge in [0.2, 0.25) is 0 Å². The quantitative estimate of drug-likeness (QED) is 0.733. The van der Waals surface area contributed by atoms with Crippen molar-refractivity contribution in [2.45, 2.75) is 19.9 Å². The van der Waals surface area contributed by atoms with E-state index >= 15 is 0 Å². The molecule has 106 valence electrons. The molecule has 3 rings (SSSR count). The van der Waals surface area contributed by atoms with E-state index in [-0.39, 0.29) is 0 Å². The molecule has 0 bridgehead atoms. The molecular formula is C17H17N3S. The number of hydrogen-bond acceptors (Lipinski definition) is 2. The summed E-state index contributed by atoms with van der Waals surface area (Å²) in [6.07, 6.45) is 0.938. The summed E-state index contributed by atoms with van der Waals surface area (Å²) in [5.41, 5.74) is 3.63. The van der Waals surface area contributed by atoms with E-state index in [1.54, 1.807) is 0 Å². The summed E-state index contributed by atoms with van der Waals surface area (Å²) in [6, 6.07) is 18.7. The highest BCUT2D eigenvalue weighted by atomic mass is 32.1. The van der Waals surface area contributed by atoms with Crippen molar-refractivity contribution in [2.24, 2.45) is 0 Å². The lowest BCUT2D eigenvalue weighted by molar-refractivity contribution is 0.691. The fourth-order valence-corrected chi connectivity index (χ4v) is 2.66. The second-order valence-electron chi connectivity index (χ2n) is 5.05. The van der Waals surface area contributed by atoms with Crippen molar-refractivity contribution < 1.29 is 0 Å². The van der Waals surface area contributed by atoms with E-state index in [1.165, 1.54) is 11.1 Å². The maximum atomic E-state index is 5.38. The Kier molecular flexibility index (Phi) is 3.97. The number of rotatable bonds is 4. The Bertz CT molecular complexity index is 787. The van der Waals surface area contributed by atoms with Crippen LogP contribution in [-0.2, 0) is 13.0 Å². The number of aryl methyl sites for hydroxylation is 2. The average Bonchev–Trinajstić information content (AvgIpc) is 2.88. The molecule has 1 heterocycles. The SMILES string of the molecule is Cc1ccccc1-c1n[nH]c(=S)n1CCc1ccccc1. The first-order chi connectivity index (χ1) is 10.3. The van der Waals surface area contributed by atoms with Gasteiger partial charge in [0.05, 0.1) is 0 Å². The van der Waals surface area contributed by atoms with Gasteiger partial charge in [-0.15, -0.1) is 0 Å². The van der Waals surface area contributed by atoms with Gasteiger partial charge in [0.1, 0.15) is 0 Å². The van der Waals surface area contributed by atoms with Crippen LogP contribution in [-0.4, -0.2) is 14.8 Å². The Morgan fingerprint density at radius 2 is 1.76 bits per heavy atom. The summed E-state index contributed by atoms with van der Waals surface area (Å²) in [5, 5.41) is 7.32. The smallest absolute Gasteiger partial charge is 0.195 e. The predicted octanol–water partition coefficient (Wildman–Crippen LogP) is 4.16. The fourth-order valence-electron chi connectivity index (χ4n) is 2.44. The molecule has 0 aliphatic heterocycles. The van der Waals surface area contributed by atoms with Gasteiger partial charge in [-0.1, -0.05) is 54.6 Å². The monoisotopic (exact) mass is 295 g/mol. The summed E-state index contributed by atoms with van der Waals surface area (Å²) in [6.45, 7) is 2.91. The van der Waals surface area contributed by atoms with Crippen LogP contribution in [0.1, 0.15) is 11.1 Å². The van der Waals surface area contributed by atoms with Crippen LogP contribution in [0.15, 0.2) is 54.6 Å². The minimum Gasteiger partial charge on any atom is -0.300 e. The van der Waals surface area contributed by atoms with Gasteiger partial charge in [-0.3, -0.25) is 9.67 Å². The molecule has 1 aromatic heterocycles. The second-order valence-corrected chi connectivity index (χ2v) is 5.44. The molecule has 0 spiro atoms. The Balaban J connectivity index is 1.91. The molecule has 0 atom stereocenters. The zero-order valence-electron chi connectivity index (χ0n) is 11.9. The largest absolute Gasteiger partial charge is 0.300 e. The van der Waals surface area contributed by atoms with Gasteiger partial charge in [0.25, 0.3) is 0 Å². The lowest BCUT2D eigenvalue weighted by atomic mass is 10.1. The van der Waals surface area contributed by atoms with E-state index in [2.05, 4.69) is 58.1 Å². The molecule has 1 N–H and O–H groups in total. The van der Waals surface area contributed by atoms with Crippen LogP contribution in [0.4, 0.5) is 0 Å². The van der Waals surface area contributed by atoms with Gasteiger partial charge in [0.15, 0.2) is 10.6 Å². The van der Waals surface area contributed by atoms with Crippen LogP contribution in [0.25, 0.3) is 11.4 Å². The fraction of sp³-hybridized carbons (Fsp3) is 0.176. The summed E-state index contributed by atoms with van der Waals surface area (Å²) < 4.78 is 2.74. The van der Waals surface area contributed by atoms with Crippen LogP contribution in [0, 0.1) is 11.7 Å². The third kappa shape index (κ3) is 2.95. The molecule has 0 saturated heterocycles. The highest BCUT2D eigenvalue weighted by Crippen LogP contribution is 2.21. The summed E-state index contributed by atoms with van der Waals surface area (Å²) >= 11 is 5.38. The van der Waals surface area contributed by atoms with Gasteiger partial charge < -0.3 is 0 Å². The second kappa shape index (κ2) is 6.06. The van der Waals surface area contributed by atoms with Gasteiger partial charge >= 0.3 is 0 Å². The zero-order chi connectivity index (χ0) is 14.7. The van der Waals surface area contributed by atoms with E-state index < -0.39 is 0 Å². The van der Waals surface area contributed by atoms with Crippen molar-refractivity contribution in [1.82, 2.24) is 14.8 Å². The number of nitrogens with one attached hydrogen (secondary N) is 1. The molecule has 21 heavy (non-hydrogen) atoms. The molecule has 0 aliphatic rings. The number of aromatic amines is 1. The molecule has 2 aromatic carbocycles. The molecule has 0 unspecified atom stereocenters. The van der Waals surface area contributed by atoms with Gasteiger partial charge in [0, 0.05) is 12.1 Å². The predicted molar refractivity (Wildman–Crippen MR) is 87.7 cm³/mol. The average molecular weight is 295 g/mol. The van der Waals surface area contributed by atoms with Crippen molar-refractivity contribution in [3.8, 4) is 11.4 Å². The zero-order valence-corrected chi connectivity index (χ0v) is 12.7. The van der Waals surface area contributed by atoms with Crippen LogP contribution < -0.4 is 0 Å². The van der Waals surface area contributed by atoms with Crippen LogP contribution in [0.5, 0.6) is 0 Å². The minimum absolute atomic E-state index is 0.671. The number of benzene rings is 2. The molecule has 0 radical (unpaired) electrons. The third-order valence-electron chi connectivity index (χ3n) is 3.61. The van der Waals surface area contributed by atoms with E-state index in [4.69, 9.17) is 12.2 Å². The standard InChI is InChI=1S/C17H17N3S/c1-13-7-5-6-10-15(13)16-18-19-17(21)20(16)12-11-14-8-3-2-4-9-14/h2-10H,11-12H2,1H3,(H,19,21). The van der Waals surface area contributed by atoms with Crippen LogP contribution in [0.3, 0.4) is 0 Å². The Hall–Kier alpha value is -2.20. The first-order valence-electron chi connectivity index (χ1n) is 7.01. The summed E-state index contributed by atoms with van der Waals surface area (Å²) in [4.78, 5) is 0. The topological polar surface area (TPSA) is 33.6 Å². The highest BCUT2D eigenvalue weighted by molar-refractivity contribution is 7.71. The van der Waals surface area contributed by atoms with E-state index in [0.717, 1.165) is 24.4 Å². The van der Waals surface area contributed by atoms with E-state index in [9.17, 15) is 0 Å². The van der Waals surface area contributed by atoms with Crippen LogP contribution in [0.2, 0.25) is 0 Å². The molecule has 0 fully saturated rings. The molecular weight excluding hydrogens is 278 g/mol. The van der Waals surface area contributed by atoms with Crippen molar-refractivity contribution in [1.29, 1.82) is 0 Å². The van der Waals surface area contributed by atoms with E-state index in [1.807, 2.05) is 18.2 Å². The van der Waals surface area contributed by atoms with Crippen molar-refractivity contribution in [2.75, 3.05) is 0 Å². The van der Waals surface area contributed by atoms with Gasteiger partial charge in [-0.25, -0.2) is 0 Å². The first-order valence-corrected chi connectivity index (χ1v) is 7.41. The van der Waals surface area contributed by atoms with Crippen molar-refractivity contribution in [3.63, 3.8) is 0 Å². The molecule has 3 aromatic rings. The van der Waals surface area contributed by atoms with Crippen molar-refractivity contribution >= 4 is 12.2 Å². The van der Waals surface area contributed by atoms with Gasteiger partial charge in [-0.2, -0.15) is 5.10 Å². The third-order valence-corrected chi connectivity index (χ3v) is 3.92. The number of aromatic nitrogens is 3. The first kappa shape index (κ1) is 13.8. The van der Waals surface area contributed by atoms with Gasteiger partial charge in [-0.05, 0) is 36.7 Å². The Morgan fingerprint density at radius 3 is 2.52 bits per heavy atom. The molecule has 0 aliphatic carbocycles. The number of H-pyrrole nitrogens is 1. The maximum Gasteiger partial charge on any atom is 0.195 e. The minimum atomic E-state index is 0.671. The van der Waals surface area contributed by atoms with E-state index in [0.29, 0.717) is 4.77 Å². The Labute approximate surface area is 129 Å². The van der Waals surface area contributed by atoms with Crippen LogP contribution >= 0.6 is 12.2 Å². The lowest BCUT2D eigenvalue weighted by Gasteiger charge is -2.09. The lowest BCUT2D eigenvalue weighted by Crippen LogP contribution is -2.04. The number of hydrogen-bond donors (Lipinski definition) is 1. The normalized spacial score (nSPS) is 10.7. The molecule has 4 heteroatoms. The summed E-state index contributed by atoms with van der Waals surface area (Å²) in [5.74, 6) is 0.911. The molecule has 0 amide bonds. The maximum absolute atomic E-state index is 5.38. The molecule has 0 saturated carbocycles. The van der Waals surface area contributed by atoms with Crippen molar-refractivity contribution in [3.05, 3.63) is 70.5 Å².